The van der Waals surface area contributed by atoms with Gasteiger partial charge in [-0.2, -0.15) is 0 Å². The summed E-state index contributed by atoms with van der Waals surface area (Å²) in [5.41, 5.74) is 1.06. The number of carbonyl (C=O) groups is 2. The van der Waals surface area contributed by atoms with Crippen molar-refractivity contribution in [2.24, 2.45) is 0 Å². The first kappa shape index (κ1) is 15.5. The smallest absolute Gasteiger partial charge is 0.336 e. The van der Waals surface area contributed by atoms with E-state index in [4.69, 9.17) is 4.74 Å². The monoisotopic (exact) mass is 292 g/mol. The number of methoxy groups -OCH3 is 1. The zero-order valence-corrected chi connectivity index (χ0v) is 12.1. The minimum Gasteiger partial charge on any atom is -0.467 e. The van der Waals surface area contributed by atoms with E-state index in [0.717, 1.165) is 5.56 Å². The molecule has 1 unspecified atom stereocenters. The molecule has 1 amide bonds. The number of hydrogen-bond acceptors (Lipinski definition) is 5. The van der Waals surface area contributed by atoms with Crippen LogP contribution in [0.1, 0.15) is 5.56 Å². The largest absolute Gasteiger partial charge is 0.467 e. The van der Waals surface area contributed by atoms with E-state index in [1.165, 1.54) is 7.11 Å². The lowest BCUT2D eigenvalue weighted by molar-refractivity contribution is -0.160. The van der Waals surface area contributed by atoms with Gasteiger partial charge in [0, 0.05) is 19.6 Å². The predicted molar refractivity (Wildman–Crippen MR) is 76.5 cm³/mol. The minimum atomic E-state index is -0.606. The van der Waals surface area contributed by atoms with Crippen LogP contribution in [0.25, 0.3) is 0 Å². The Balaban J connectivity index is 1.76. The molecule has 114 valence electrons. The molecule has 0 radical (unpaired) electrons. The summed E-state index contributed by atoms with van der Waals surface area (Å²) in [6, 6.07) is 9.73. The van der Waals surface area contributed by atoms with Crippen molar-refractivity contribution >= 4 is 11.9 Å². The molecule has 0 aromatic heterocycles. The third kappa shape index (κ3) is 4.84. The van der Waals surface area contributed by atoms with Gasteiger partial charge in [-0.15, -0.1) is 0 Å². The van der Waals surface area contributed by atoms with Crippen LogP contribution in [0, 0.1) is 0 Å². The number of ether oxygens (including phenoxy) is 2. The van der Waals surface area contributed by atoms with Crippen LogP contribution >= 0.6 is 0 Å². The van der Waals surface area contributed by atoms with E-state index in [0.29, 0.717) is 26.2 Å². The van der Waals surface area contributed by atoms with Crippen molar-refractivity contribution in [3.8, 4) is 0 Å². The summed E-state index contributed by atoms with van der Waals surface area (Å²) in [5, 5.41) is 2.87. The normalized spacial score (nSPS) is 19.0. The van der Waals surface area contributed by atoms with Gasteiger partial charge >= 0.3 is 5.97 Å². The second-order valence-electron chi connectivity index (χ2n) is 4.88. The maximum atomic E-state index is 11.9. The van der Waals surface area contributed by atoms with Gasteiger partial charge in [0.25, 0.3) is 0 Å². The van der Waals surface area contributed by atoms with Crippen molar-refractivity contribution in [3.63, 3.8) is 0 Å². The fourth-order valence-electron chi connectivity index (χ4n) is 2.18. The van der Waals surface area contributed by atoms with E-state index in [-0.39, 0.29) is 12.5 Å². The van der Waals surface area contributed by atoms with Crippen LogP contribution < -0.4 is 5.32 Å². The zero-order valence-electron chi connectivity index (χ0n) is 12.1. The van der Waals surface area contributed by atoms with Crippen molar-refractivity contribution in [1.82, 2.24) is 10.2 Å². The van der Waals surface area contributed by atoms with Gasteiger partial charge in [0.05, 0.1) is 20.3 Å². The molecule has 1 N–H and O–H groups in total. The third-order valence-electron chi connectivity index (χ3n) is 3.31. The number of rotatable bonds is 5. The van der Waals surface area contributed by atoms with E-state index < -0.39 is 12.1 Å². The molecule has 0 saturated carbocycles. The van der Waals surface area contributed by atoms with Crippen LogP contribution in [0.5, 0.6) is 0 Å². The van der Waals surface area contributed by atoms with Gasteiger partial charge in [0.1, 0.15) is 0 Å². The Labute approximate surface area is 124 Å². The third-order valence-corrected chi connectivity index (χ3v) is 3.31. The zero-order chi connectivity index (χ0) is 15.1. The van der Waals surface area contributed by atoms with Crippen molar-refractivity contribution in [2.75, 3.05) is 33.4 Å². The quantitative estimate of drug-likeness (QED) is 0.784. The van der Waals surface area contributed by atoms with E-state index in [2.05, 4.69) is 10.1 Å². The number of morpholine rings is 1. The molecule has 0 aliphatic carbocycles. The van der Waals surface area contributed by atoms with Crippen LogP contribution in [-0.4, -0.2) is 56.2 Å². The van der Waals surface area contributed by atoms with Crippen LogP contribution in [-0.2, 0) is 25.6 Å². The molecule has 1 aromatic rings. The second-order valence-corrected chi connectivity index (χ2v) is 4.88. The number of nitrogens with zero attached hydrogens (tertiary/aromatic N) is 1. The molecule has 1 atom stereocenters. The second kappa shape index (κ2) is 7.75. The molecule has 1 heterocycles. The highest BCUT2D eigenvalue weighted by Crippen LogP contribution is 2.06. The van der Waals surface area contributed by atoms with Crippen LogP contribution in [0.3, 0.4) is 0 Å². The summed E-state index contributed by atoms with van der Waals surface area (Å²) in [5.74, 6) is -0.464. The molecular weight excluding hydrogens is 272 g/mol. The first-order valence-electron chi connectivity index (χ1n) is 6.91. The molecule has 1 aliphatic rings. The molecule has 6 nitrogen and oxygen atoms in total. The summed E-state index contributed by atoms with van der Waals surface area (Å²) < 4.78 is 9.98. The fourth-order valence-corrected chi connectivity index (χ4v) is 2.18. The highest BCUT2D eigenvalue weighted by molar-refractivity contribution is 5.78. The number of nitrogens with one attached hydrogen (secondary N) is 1. The standard InChI is InChI=1S/C15H20N2O4/c1-20-15(19)13-10-17(7-8-21-13)11-14(18)16-9-12-5-3-2-4-6-12/h2-6,13H,7-11H2,1H3,(H,16,18). The maximum Gasteiger partial charge on any atom is 0.336 e. The molecule has 0 bridgehead atoms. The van der Waals surface area contributed by atoms with Crippen molar-refractivity contribution in [1.29, 1.82) is 0 Å². The topological polar surface area (TPSA) is 67.9 Å². The summed E-state index contributed by atoms with van der Waals surface area (Å²) in [4.78, 5) is 25.2. The predicted octanol–water partition coefficient (Wildman–Crippen LogP) is 0.177. The summed E-state index contributed by atoms with van der Waals surface area (Å²) in [6.07, 6.45) is -0.606. The fraction of sp³-hybridized carbons (Fsp3) is 0.467. The van der Waals surface area contributed by atoms with Gasteiger partial charge in [-0.25, -0.2) is 4.79 Å². The lowest BCUT2D eigenvalue weighted by atomic mass is 10.2. The number of amides is 1. The number of carbonyl (C=O) groups excluding carboxylic acids is 2. The first-order chi connectivity index (χ1) is 10.2. The number of esters is 1. The molecule has 21 heavy (non-hydrogen) atoms. The molecule has 0 spiro atoms. The molecule has 1 saturated heterocycles. The maximum absolute atomic E-state index is 11.9. The summed E-state index contributed by atoms with van der Waals surface area (Å²) in [6.45, 7) is 2.19. The van der Waals surface area contributed by atoms with Crippen LogP contribution in [0.15, 0.2) is 30.3 Å². The summed E-state index contributed by atoms with van der Waals surface area (Å²) >= 11 is 0. The Morgan fingerprint density at radius 1 is 1.38 bits per heavy atom. The number of benzene rings is 1. The molecule has 2 rings (SSSR count). The van der Waals surface area contributed by atoms with E-state index in [1.807, 2.05) is 35.2 Å². The Morgan fingerprint density at radius 3 is 2.86 bits per heavy atom. The van der Waals surface area contributed by atoms with E-state index in [1.54, 1.807) is 0 Å². The van der Waals surface area contributed by atoms with Crippen LogP contribution in [0.2, 0.25) is 0 Å². The van der Waals surface area contributed by atoms with Crippen molar-refractivity contribution in [2.45, 2.75) is 12.6 Å². The Hall–Kier alpha value is -1.92. The summed E-state index contributed by atoms with van der Waals surface area (Å²) in [7, 11) is 1.33. The number of hydrogen-bond donors (Lipinski definition) is 1. The Bertz CT molecular complexity index is 478. The molecule has 1 aliphatic heterocycles. The van der Waals surface area contributed by atoms with Crippen molar-refractivity contribution < 1.29 is 19.1 Å². The molecule has 1 aromatic carbocycles. The minimum absolute atomic E-state index is 0.0654. The first-order valence-corrected chi connectivity index (χ1v) is 6.91. The molecular formula is C15H20N2O4. The van der Waals surface area contributed by atoms with Crippen molar-refractivity contribution in [3.05, 3.63) is 35.9 Å². The Kier molecular flexibility index (Phi) is 5.71. The van der Waals surface area contributed by atoms with Gasteiger partial charge in [0.15, 0.2) is 6.10 Å². The van der Waals surface area contributed by atoms with E-state index in [9.17, 15) is 9.59 Å². The average molecular weight is 292 g/mol. The SMILES string of the molecule is COC(=O)C1CN(CC(=O)NCc2ccccc2)CCO1. The van der Waals surface area contributed by atoms with Gasteiger partial charge in [-0.1, -0.05) is 30.3 Å². The lowest BCUT2D eigenvalue weighted by Gasteiger charge is -2.30. The lowest BCUT2D eigenvalue weighted by Crippen LogP contribution is -2.49. The van der Waals surface area contributed by atoms with Gasteiger partial charge < -0.3 is 14.8 Å². The van der Waals surface area contributed by atoms with Gasteiger partial charge in [-0.05, 0) is 5.56 Å². The molecule has 1 fully saturated rings. The average Bonchev–Trinajstić information content (AvgIpc) is 2.53. The van der Waals surface area contributed by atoms with Gasteiger partial charge in [-0.3, -0.25) is 9.69 Å². The molecule has 6 heteroatoms. The highest BCUT2D eigenvalue weighted by atomic mass is 16.6. The van der Waals surface area contributed by atoms with E-state index >= 15 is 0 Å². The Morgan fingerprint density at radius 2 is 2.14 bits per heavy atom. The van der Waals surface area contributed by atoms with Crippen LogP contribution in [0.4, 0.5) is 0 Å². The highest BCUT2D eigenvalue weighted by Gasteiger charge is 2.28. The van der Waals surface area contributed by atoms with Gasteiger partial charge in [0.2, 0.25) is 5.91 Å².